The Labute approximate surface area is 381 Å². The van der Waals surface area contributed by atoms with E-state index < -0.39 is 23.2 Å². The second-order valence-corrected chi connectivity index (χ2v) is 19.5. The van der Waals surface area contributed by atoms with Gasteiger partial charge in [-0.1, -0.05) is 30.3 Å². The summed E-state index contributed by atoms with van der Waals surface area (Å²) in [5.74, 6) is -0.430. The molecule has 0 radical (unpaired) electrons. The van der Waals surface area contributed by atoms with Crippen LogP contribution in [0.3, 0.4) is 0 Å². The van der Waals surface area contributed by atoms with Crippen molar-refractivity contribution >= 4 is 47.1 Å². The van der Waals surface area contributed by atoms with Crippen LogP contribution in [0.1, 0.15) is 108 Å². The van der Waals surface area contributed by atoms with E-state index in [2.05, 4.69) is 31.1 Å². The minimum Gasteiger partial charge on any atom is -0.444 e. The lowest BCUT2D eigenvalue weighted by molar-refractivity contribution is -0.129. The average molecular weight is 897 g/mol. The fourth-order valence-electron chi connectivity index (χ4n) is 8.25. The van der Waals surface area contributed by atoms with Gasteiger partial charge in [-0.3, -0.25) is 14.4 Å². The summed E-state index contributed by atoms with van der Waals surface area (Å²) in [4.78, 5) is 71.7. The zero-order valence-electron chi connectivity index (χ0n) is 38.0. The van der Waals surface area contributed by atoms with Crippen molar-refractivity contribution in [1.82, 2.24) is 30.7 Å². The maximum Gasteiger partial charge on any atom is 0.410 e. The molecule has 0 spiro atoms. The number of aromatic nitrogens is 3. The van der Waals surface area contributed by atoms with Crippen LogP contribution in [0.5, 0.6) is 0 Å². The van der Waals surface area contributed by atoms with Crippen molar-refractivity contribution in [3.63, 3.8) is 0 Å². The number of alkyl carbamates (subject to hydrolysis) is 1. The van der Waals surface area contributed by atoms with Crippen LogP contribution in [-0.4, -0.2) is 86.7 Å². The Balaban J connectivity index is 1.08. The lowest BCUT2D eigenvalue weighted by Gasteiger charge is -2.33. The van der Waals surface area contributed by atoms with Crippen LogP contribution in [0.15, 0.2) is 66.7 Å². The topological polar surface area (TPSA) is 185 Å². The summed E-state index contributed by atoms with van der Waals surface area (Å²) in [5.41, 5.74) is 4.54. The molecule has 1 aliphatic heterocycles. The number of hydrogen-bond acceptors (Lipinski definition) is 9. The van der Waals surface area contributed by atoms with Crippen LogP contribution < -0.4 is 16.0 Å². The number of ether oxygens (including phenoxy) is 2. The molecule has 1 atom stereocenters. The first-order valence-corrected chi connectivity index (χ1v) is 22.6. The lowest BCUT2D eigenvalue weighted by Crippen LogP contribution is -2.47. The molecule has 1 aromatic heterocycles. The molecule has 4 amide bonds. The fourth-order valence-corrected chi connectivity index (χ4v) is 8.37. The molecule has 64 heavy (non-hydrogen) atoms. The summed E-state index contributed by atoms with van der Waals surface area (Å²) in [6, 6.07) is 20.7. The summed E-state index contributed by atoms with van der Waals surface area (Å²) < 4.78 is 10.9. The Hall–Kier alpha value is -5.76. The van der Waals surface area contributed by atoms with Gasteiger partial charge in [0.15, 0.2) is 5.82 Å². The average Bonchev–Trinajstić information content (AvgIpc) is 3.68. The number of aryl methyl sites for hydroxylation is 1. The number of nitrogens with one attached hydrogen (secondary N) is 4. The second kappa shape index (κ2) is 20.8. The molecule has 0 unspecified atom stereocenters. The molecule has 2 heterocycles. The van der Waals surface area contributed by atoms with Crippen molar-refractivity contribution in [3.8, 4) is 22.5 Å². The minimum atomic E-state index is -0.625. The predicted octanol–water partition coefficient (Wildman–Crippen LogP) is 9.32. The van der Waals surface area contributed by atoms with Crippen LogP contribution in [-0.2, 0) is 25.5 Å². The number of anilines is 1. The third-order valence-corrected chi connectivity index (χ3v) is 11.8. The third-order valence-electron chi connectivity index (χ3n) is 11.6. The maximum absolute atomic E-state index is 14.0. The van der Waals surface area contributed by atoms with Crippen LogP contribution in [0.25, 0.3) is 22.5 Å². The number of nitrogens with zero attached hydrogens (tertiary/aromatic N) is 3. The van der Waals surface area contributed by atoms with Gasteiger partial charge in [0.2, 0.25) is 11.2 Å². The number of Topliss-reactive ketones (excluding diaryl/α,β-unsaturated/α-hetero) is 1. The van der Waals surface area contributed by atoms with Crippen LogP contribution in [0, 0.1) is 24.7 Å². The zero-order valence-corrected chi connectivity index (χ0v) is 38.8. The number of amides is 4. The molecular weight excluding hydrogens is 834 g/mol. The smallest absolute Gasteiger partial charge is 0.410 e. The molecule has 6 rings (SSSR count). The summed E-state index contributed by atoms with van der Waals surface area (Å²) >= 11 is 5.91. The highest BCUT2D eigenvalue weighted by Crippen LogP contribution is 2.32. The number of carbonyl (C=O) groups excluding carboxylic acids is 5. The number of piperidine rings is 1. The van der Waals surface area contributed by atoms with Gasteiger partial charge in [0.25, 0.3) is 5.91 Å². The van der Waals surface area contributed by atoms with Crippen LogP contribution in [0.2, 0.25) is 5.28 Å². The van der Waals surface area contributed by atoms with E-state index in [4.69, 9.17) is 21.1 Å². The van der Waals surface area contributed by atoms with Gasteiger partial charge in [-0.2, -0.15) is 10.1 Å². The predicted molar refractivity (Wildman–Crippen MR) is 247 cm³/mol. The number of H-pyrrole nitrogens is 1. The summed E-state index contributed by atoms with van der Waals surface area (Å²) in [7, 11) is 0. The van der Waals surface area contributed by atoms with Crippen molar-refractivity contribution in [2.24, 2.45) is 17.8 Å². The quantitative estimate of drug-likeness (QED) is 0.102. The van der Waals surface area contributed by atoms with Crippen molar-refractivity contribution in [1.29, 1.82) is 0 Å². The maximum atomic E-state index is 14.0. The summed E-state index contributed by atoms with van der Waals surface area (Å²) in [5, 5.41) is 15.9. The Morgan fingerprint density at radius 2 is 1.47 bits per heavy atom. The lowest BCUT2D eigenvalue weighted by atomic mass is 9.77. The largest absolute Gasteiger partial charge is 0.444 e. The number of ketones is 1. The van der Waals surface area contributed by atoms with E-state index in [1.807, 2.05) is 90.9 Å². The van der Waals surface area contributed by atoms with Gasteiger partial charge in [0.05, 0.1) is 0 Å². The van der Waals surface area contributed by atoms with E-state index in [0.29, 0.717) is 68.8 Å². The standard InChI is InChI=1S/C49H62ClN7O7/c1-30-26-36(43(59)53-39-22-24-57(25-23-39)47(62)64-49(5,6)7)18-21-40(30)33-12-8-31(9-13-33)27-37(44(60)52-38-19-16-35(17-20-38)42-54-45(50)56-55-42)28-41(58)34-14-10-32(11-15-34)29-51-46(61)63-48(2,3)4/h8-9,12-13,16-21,26,32,34,37,39H,10-11,14-15,22-25,27-29H2,1-7H3,(H,51,61)(H,52,60)(H,53,59)(H,54,55,56)/t32?,34?,37-/m1/s1. The van der Waals surface area contributed by atoms with E-state index in [0.717, 1.165) is 40.7 Å². The van der Waals surface area contributed by atoms with Crippen molar-refractivity contribution < 1.29 is 33.4 Å². The first kappa shape index (κ1) is 47.7. The number of likely N-dealkylation sites (tertiary alicyclic amines) is 1. The molecular formula is C49H62ClN7O7. The molecule has 2 fully saturated rings. The van der Waals surface area contributed by atoms with Crippen LogP contribution >= 0.6 is 11.6 Å². The SMILES string of the molecule is Cc1cc(C(=O)NC2CCN(C(=O)OC(C)(C)C)CC2)ccc1-c1ccc(C[C@H](CC(=O)C2CCC(CNC(=O)OC(C)(C)C)CC2)C(=O)Nc2ccc(-c3n[nH]c(Cl)n3)cc2)cc1. The number of carbonyl (C=O) groups is 5. The van der Waals surface area contributed by atoms with Gasteiger partial charge in [-0.05, 0) is 170 Å². The first-order chi connectivity index (χ1) is 30.3. The van der Waals surface area contributed by atoms with E-state index in [1.165, 1.54) is 0 Å². The number of halogens is 1. The van der Waals surface area contributed by atoms with E-state index in [9.17, 15) is 24.0 Å². The summed E-state index contributed by atoms with van der Waals surface area (Å²) in [6.45, 7) is 14.5. The normalized spacial score (nSPS) is 17.5. The van der Waals surface area contributed by atoms with Gasteiger partial charge in [0, 0.05) is 60.7 Å². The molecule has 1 saturated heterocycles. The van der Waals surface area contributed by atoms with E-state index >= 15 is 0 Å². The van der Waals surface area contributed by atoms with Crippen molar-refractivity contribution in [3.05, 3.63) is 88.7 Å². The van der Waals surface area contributed by atoms with Crippen LogP contribution in [0.4, 0.5) is 15.3 Å². The molecule has 0 bridgehead atoms. The highest BCUT2D eigenvalue weighted by Gasteiger charge is 2.32. The van der Waals surface area contributed by atoms with Gasteiger partial charge in [-0.15, -0.1) is 0 Å². The molecule has 15 heteroatoms. The Morgan fingerprint density at radius 1 is 0.828 bits per heavy atom. The van der Waals surface area contributed by atoms with Crippen molar-refractivity contribution in [2.75, 3.05) is 25.0 Å². The number of rotatable bonds is 13. The Morgan fingerprint density at radius 3 is 2.06 bits per heavy atom. The zero-order chi connectivity index (χ0) is 46.2. The molecule has 14 nitrogen and oxygen atoms in total. The number of benzene rings is 3. The molecule has 4 N–H and O–H groups in total. The Bertz CT molecular complexity index is 2270. The van der Waals surface area contributed by atoms with E-state index in [-0.39, 0.29) is 53.3 Å². The molecule has 3 aromatic carbocycles. The number of aromatic amines is 1. The second-order valence-electron chi connectivity index (χ2n) is 19.1. The molecule has 1 saturated carbocycles. The molecule has 2 aliphatic rings. The molecule has 4 aromatic rings. The van der Waals surface area contributed by atoms with Crippen molar-refractivity contribution in [2.45, 2.75) is 117 Å². The summed E-state index contributed by atoms with van der Waals surface area (Å²) in [6.07, 6.45) is 3.98. The fraction of sp³-hybridized carbons (Fsp3) is 0.490. The highest BCUT2D eigenvalue weighted by atomic mass is 35.5. The molecule has 1 aliphatic carbocycles. The third kappa shape index (κ3) is 13.9. The van der Waals surface area contributed by atoms with E-state index in [1.54, 1.807) is 29.2 Å². The highest BCUT2D eigenvalue weighted by molar-refractivity contribution is 6.28. The molecule has 342 valence electrons. The first-order valence-electron chi connectivity index (χ1n) is 22.3. The number of hydrogen-bond donors (Lipinski definition) is 4. The van der Waals surface area contributed by atoms with Gasteiger partial charge in [0.1, 0.15) is 17.0 Å². The minimum absolute atomic E-state index is 0.0413. The van der Waals surface area contributed by atoms with Gasteiger partial charge < -0.3 is 30.3 Å². The monoisotopic (exact) mass is 895 g/mol. The van der Waals surface area contributed by atoms with Gasteiger partial charge >= 0.3 is 12.2 Å². The Kier molecular flexibility index (Phi) is 15.5. The van der Waals surface area contributed by atoms with Gasteiger partial charge in [-0.25, -0.2) is 14.7 Å².